The van der Waals surface area contributed by atoms with Crippen LogP contribution in [-0.4, -0.2) is 71.1 Å². The van der Waals surface area contributed by atoms with Gasteiger partial charge in [0.15, 0.2) is 5.75 Å². The summed E-state index contributed by atoms with van der Waals surface area (Å²) in [5, 5.41) is 33.3. The third kappa shape index (κ3) is 12.3. The number of nitrogens with one attached hydrogen (secondary N) is 4. The Bertz CT molecular complexity index is 2470. The second kappa shape index (κ2) is 21.1. The van der Waals surface area contributed by atoms with Crippen molar-refractivity contribution in [2.45, 2.75) is 59.4 Å². The van der Waals surface area contributed by atoms with Crippen LogP contribution in [0.2, 0.25) is 0 Å². The lowest BCUT2D eigenvalue weighted by Crippen LogP contribution is -2.39. The first kappa shape index (κ1) is 45.5. The largest absolute Gasteiger partial charge is 0.491 e. The highest BCUT2D eigenvalue weighted by atomic mass is 16.6. The lowest BCUT2D eigenvalue weighted by molar-refractivity contribution is -0.385. The zero-order valence-corrected chi connectivity index (χ0v) is 35.6. The molecule has 330 valence electrons. The molecule has 1 aliphatic rings. The van der Waals surface area contributed by atoms with E-state index >= 15 is 0 Å². The number of para-hydroxylation sites is 1. The van der Waals surface area contributed by atoms with Crippen molar-refractivity contribution in [2.75, 3.05) is 42.4 Å². The van der Waals surface area contributed by atoms with Crippen molar-refractivity contribution in [3.05, 3.63) is 118 Å². The van der Waals surface area contributed by atoms with Gasteiger partial charge in [-0.1, -0.05) is 45.9 Å². The van der Waals surface area contributed by atoms with Crippen LogP contribution >= 0.6 is 0 Å². The van der Waals surface area contributed by atoms with Crippen LogP contribution in [0.3, 0.4) is 0 Å². The van der Waals surface area contributed by atoms with Gasteiger partial charge in [0.05, 0.1) is 53.5 Å². The minimum atomic E-state index is -0.648. The zero-order chi connectivity index (χ0) is 45.0. The van der Waals surface area contributed by atoms with Gasteiger partial charge in [-0.05, 0) is 92.1 Å². The normalized spacial score (nSPS) is 14.8. The first-order valence-corrected chi connectivity index (χ1v) is 20.9. The van der Waals surface area contributed by atoms with Crippen LogP contribution in [0.25, 0.3) is 10.9 Å². The topological polar surface area (TPSA) is 220 Å². The van der Waals surface area contributed by atoms with E-state index in [0.717, 1.165) is 17.0 Å². The maximum absolute atomic E-state index is 13.8. The Balaban J connectivity index is 1.11. The van der Waals surface area contributed by atoms with Crippen molar-refractivity contribution in [3.8, 4) is 17.2 Å². The molecule has 1 aliphatic carbocycles. The second-order valence-corrected chi connectivity index (χ2v) is 16.2. The predicted octanol–water partition coefficient (Wildman–Crippen LogP) is 8.02. The molecule has 16 heteroatoms. The number of amides is 4. The summed E-state index contributed by atoms with van der Waals surface area (Å²) in [6.07, 6.45) is 4.16. The minimum absolute atomic E-state index is 0.0550. The van der Waals surface area contributed by atoms with Crippen LogP contribution in [0.4, 0.5) is 22.7 Å². The fourth-order valence-electron chi connectivity index (χ4n) is 6.90. The van der Waals surface area contributed by atoms with Gasteiger partial charge in [0.25, 0.3) is 17.7 Å². The van der Waals surface area contributed by atoms with E-state index in [4.69, 9.17) is 19.3 Å². The lowest BCUT2D eigenvalue weighted by atomic mass is 9.85. The Hall–Kier alpha value is -7.07. The van der Waals surface area contributed by atoms with Crippen molar-refractivity contribution in [1.82, 2.24) is 10.3 Å². The molecule has 0 saturated heterocycles. The van der Waals surface area contributed by atoms with Gasteiger partial charge in [-0.15, -0.1) is 0 Å². The average Bonchev–Trinajstić information content (AvgIpc) is 3.27. The summed E-state index contributed by atoms with van der Waals surface area (Å²) in [7, 11) is 0. The van der Waals surface area contributed by atoms with Crippen molar-refractivity contribution < 1.29 is 43.4 Å². The van der Waals surface area contributed by atoms with E-state index in [0.29, 0.717) is 55.0 Å². The Kier molecular flexibility index (Phi) is 15.3. The van der Waals surface area contributed by atoms with E-state index in [-0.39, 0.29) is 89.4 Å². The van der Waals surface area contributed by atoms with E-state index in [2.05, 4.69) is 26.3 Å². The molecule has 63 heavy (non-hydrogen) atoms. The minimum Gasteiger partial charge on any atom is -0.491 e. The van der Waals surface area contributed by atoms with Crippen LogP contribution in [0.15, 0.2) is 91.1 Å². The van der Waals surface area contributed by atoms with Gasteiger partial charge >= 0.3 is 5.69 Å². The van der Waals surface area contributed by atoms with Crippen LogP contribution in [0.5, 0.6) is 17.2 Å². The standard InChI is InChI=1S/C47H52N6O10/c1-28(2)26-62-41-22-32(45(56)49-35-14-9-30(10-15-35)44(55)50-36-21-31-7-5-6-8-37(31)48-25-36)11-16-38(41)51-46(57)33-12-17-39(42(23-33)63-27-29(3)4)52-47(58)34-13-18-40(53(59)60)43(24-34)61-20-19-54/h5-8,11-13,16-18,21-25,28-30,35,54H,9-10,14-15,19-20,26-27H2,1-4H3,(H,49,56)(H,50,55)(H,51,57)(H,52,58)/t30-,35-. The van der Waals surface area contributed by atoms with Crippen LogP contribution < -0.4 is 35.5 Å². The number of ether oxygens (including phenoxy) is 3. The molecule has 1 aromatic heterocycles. The Morgan fingerprint density at radius 2 is 1.27 bits per heavy atom. The molecule has 0 aliphatic heterocycles. The number of rotatable bonds is 18. The molecule has 0 radical (unpaired) electrons. The fraction of sp³-hybridized carbons (Fsp3) is 0.340. The number of carbonyl (C=O) groups is 4. The van der Waals surface area contributed by atoms with E-state index in [9.17, 15) is 29.3 Å². The number of aromatic nitrogens is 1. The van der Waals surface area contributed by atoms with Gasteiger partial charge in [-0.2, -0.15) is 0 Å². The first-order valence-electron chi connectivity index (χ1n) is 20.9. The SMILES string of the molecule is CC(C)COc1cc(C(=O)Nc2ccc(C(=O)N[C@H]3CC[C@H](C(=O)Nc4cnc5ccccc5c4)CC3)cc2OCC(C)C)ccc1NC(=O)c1ccc([N+](=O)[O-])c(OCCO)c1. The number of nitro groups is 1. The van der Waals surface area contributed by atoms with Crippen molar-refractivity contribution in [1.29, 1.82) is 0 Å². The number of aliphatic hydroxyl groups is 1. The van der Waals surface area contributed by atoms with Gasteiger partial charge < -0.3 is 40.6 Å². The molecule has 4 amide bonds. The highest BCUT2D eigenvalue weighted by Gasteiger charge is 2.28. The van der Waals surface area contributed by atoms with Gasteiger partial charge in [0.2, 0.25) is 5.91 Å². The average molecular weight is 861 g/mol. The number of hydrogen-bond donors (Lipinski definition) is 5. The molecule has 0 bridgehead atoms. The van der Waals surface area contributed by atoms with Crippen LogP contribution in [0, 0.1) is 27.9 Å². The summed E-state index contributed by atoms with van der Waals surface area (Å²) in [4.78, 5) is 69.0. The monoisotopic (exact) mass is 860 g/mol. The summed E-state index contributed by atoms with van der Waals surface area (Å²) in [5.74, 6) is -1.09. The maximum atomic E-state index is 13.8. The predicted molar refractivity (Wildman–Crippen MR) is 239 cm³/mol. The molecule has 1 heterocycles. The molecule has 4 aromatic carbocycles. The molecule has 5 aromatic rings. The van der Waals surface area contributed by atoms with Gasteiger partial charge in [0, 0.05) is 46.2 Å². The highest BCUT2D eigenvalue weighted by Crippen LogP contribution is 2.33. The number of hydrogen-bond acceptors (Lipinski definition) is 11. The molecule has 5 N–H and O–H groups in total. The second-order valence-electron chi connectivity index (χ2n) is 16.2. The Morgan fingerprint density at radius 1 is 0.714 bits per heavy atom. The summed E-state index contributed by atoms with van der Waals surface area (Å²) in [5.41, 5.74) is 2.33. The van der Waals surface area contributed by atoms with Gasteiger partial charge in [0.1, 0.15) is 18.1 Å². The fourth-order valence-corrected chi connectivity index (χ4v) is 6.90. The van der Waals surface area contributed by atoms with Crippen molar-refractivity contribution in [2.24, 2.45) is 17.8 Å². The summed E-state index contributed by atoms with van der Waals surface area (Å²) < 4.78 is 17.4. The molecule has 1 fully saturated rings. The summed E-state index contributed by atoms with van der Waals surface area (Å²) >= 11 is 0. The van der Waals surface area contributed by atoms with Crippen LogP contribution in [0.1, 0.15) is 84.5 Å². The number of carbonyl (C=O) groups excluding carboxylic acids is 4. The molecule has 0 atom stereocenters. The number of benzene rings is 4. The Labute approximate surface area is 364 Å². The van der Waals surface area contributed by atoms with Crippen molar-refractivity contribution in [3.63, 3.8) is 0 Å². The number of nitrogens with zero attached hydrogens (tertiary/aromatic N) is 2. The number of nitro benzene ring substituents is 1. The lowest BCUT2D eigenvalue weighted by Gasteiger charge is -2.28. The van der Waals surface area contributed by atoms with Crippen molar-refractivity contribution >= 4 is 57.3 Å². The van der Waals surface area contributed by atoms with Gasteiger partial charge in [-0.3, -0.25) is 34.3 Å². The molecular weight excluding hydrogens is 809 g/mol. The van der Waals surface area contributed by atoms with Gasteiger partial charge in [-0.25, -0.2) is 0 Å². The maximum Gasteiger partial charge on any atom is 0.310 e. The molecule has 16 nitrogen and oxygen atoms in total. The number of pyridine rings is 1. The molecule has 0 unspecified atom stereocenters. The summed E-state index contributed by atoms with van der Waals surface area (Å²) in [6.45, 7) is 7.86. The van der Waals surface area contributed by atoms with Crippen LogP contribution in [-0.2, 0) is 4.79 Å². The van der Waals surface area contributed by atoms with E-state index in [1.54, 1.807) is 24.4 Å². The molecular formula is C47H52N6O10. The number of aliphatic hydroxyl groups excluding tert-OH is 1. The first-order chi connectivity index (χ1) is 30.3. The van der Waals surface area contributed by atoms with E-state index in [1.807, 2.05) is 58.0 Å². The number of anilines is 3. The summed E-state index contributed by atoms with van der Waals surface area (Å²) in [6, 6.07) is 22.5. The molecule has 0 spiro atoms. The Morgan fingerprint density at radius 3 is 1.84 bits per heavy atom. The smallest absolute Gasteiger partial charge is 0.310 e. The number of fused-ring (bicyclic) bond motifs is 1. The molecule has 1 saturated carbocycles. The van der Waals surface area contributed by atoms with E-state index in [1.165, 1.54) is 30.3 Å². The third-order valence-corrected chi connectivity index (χ3v) is 10.2. The quantitative estimate of drug-likeness (QED) is 0.0419. The zero-order valence-electron chi connectivity index (χ0n) is 35.6. The highest BCUT2D eigenvalue weighted by molar-refractivity contribution is 6.08. The molecule has 6 rings (SSSR count). The van der Waals surface area contributed by atoms with E-state index < -0.39 is 16.7 Å². The third-order valence-electron chi connectivity index (χ3n) is 10.2.